The second-order valence-corrected chi connectivity index (χ2v) is 8.10. The number of thioether (sulfide) groups is 1. The van der Waals surface area contributed by atoms with Gasteiger partial charge in [0.1, 0.15) is 0 Å². The molecule has 1 unspecified atom stereocenters. The highest BCUT2D eigenvalue weighted by molar-refractivity contribution is 7.99. The zero-order chi connectivity index (χ0) is 19.4. The molecule has 0 aliphatic rings. The number of hydrogen-bond acceptors (Lipinski definition) is 5. The van der Waals surface area contributed by atoms with Gasteiger partial charge < -0.3 is 5.32 Å². The molecule has 6 nitrogen and oxygen atoms in total. The van der Waals surface area contributed by atoms with Gasteiger partial charge in [0.25, 0.3) is 5.78 Å². The van der Waals surface area contributed by atoms with Crippen LogP contribution in [-0.4, -0.2) is 31.2 Å². The van der Waals surface area contributed by atoms with Crippen molar-refractivity contribution in [3.8, 4) is 0 Å². The van der Waals surface area contributed by atoms with E-state index >= 15 is 0 Å². The molecule has 3 rings (SSSR count). The van der Waals surface area contributed by atoms with Crippen molar-refractivity contribution in [2.75, 3.05) is 5.75 Å². The third-order valence-electron chi connectivity index (χ3n) is 4.37. The van der Waals surface area contributed by atoms with Crippen LogP contribution in [0.2, 0.25) is 0 Å². The van der Waals surface area contributed by atoms with Crippen LogP contribution >= 0.6 is 11.8 Å². The number of amides is 1. The number of carbonyl (C=O) groups excluding carboxylic acids is 1. The fraction of sp³-hybridized carbons (Fsp3) is 0.400. The first-order valence-electron chi connectivity index (χ1n) is 9.13. The number of nitrogens with zero attached hydrogens (tertiary/aromatic N) is 4. The van der Waals surface area contributed by atoms with Crippen LogP contribution < -0.4 is 5.32 Å². The summed E-state index contributed by atoms with van der Waals surface area (Å²) in [6.07, 6.45) is 3.46. The number of hydrogen-bond donors (Lipinski definition) is 1. The third-order valence-corrected chi connectivity index (χ3v) is 5.21. The predicted molar refractivity (Wildman–Crippen MR) is 108 cm³/mol. The van der Waals surface area contributed by atoms with E-state index < -0.39 is 0 Å². The lowest BCUT2D eigenvalue weighted by molar-refractivity contribution is -0.119. The van der Waals surface area contributed by atoms with Crippen molar-refractivity contribution in [2.24, 2.45) is 5.92 Å². The van der Waals surface area contributed by atoms with E-state index in [-0.39, 0.29) is 17.7 Å². The van der Waals surface area contributed by atoms with Crippen LogP contribution in [0.3, 0.4) is 0 Å². The molecular formula is C20H25N5OS. The second kappa shape index (κ2) is 8.52. The Balaban J connectivity index is 1.62. The Kier molecular flexibility index (Phi) is 6.11. The lowest BCUT2D eigenvalue weighted by atomic mass is 9.93. The first-order chi connectivity index (χ1) is 12.9. The highest BCUT2D eigenvalue weighted by Gasteiger charge is 2.19. The molecule has 2 aromatic heterocycles. The molecule has 1 aromatic carbocycles. The van der Waals surface area contributed by atoms with Crippen molar-refractivity contribution in [1.29, 1.82) is 0 Å². The van der Waals surface area contributed by atoms with Crippen molar-refractivity contribution in [3.05, 3.63) is 53.9 Å². The van der Waals surface area contributed by atoms with Crippen LogP contribution in [0.1, 0.15) is 50.8 Å². The van der Waals surface area contributed by atoms with E-state index in [4.69, 9.17) is 0 Å². The maximum atomic E-state index is 12.5. The zero-order valence-corrected chi connectivity index (χ0v) is 16.9. The molecule has 0 spiro atoms. The summed E-state index contributed by atoms with van der Waals surface area (Å²) < 4.78 is 1.60. The fourth-order valence-corrected chi connectivity index (χ4v) is 3.48. The standard InChI is InChI=1S/C20H25N5OS/c1-13(2)15-6-8-16(9-7-15)18(14(3)4)22-17(26)12-27-20-23-19-21-10-5-11-25(19)24-20/h5-11,13-14,18H,12H2,1-4H3,(H,22,26). The molecule has 142 valence electrons. The number of nitrogens with one attached hydrogen (secondary N) is 1. The van der Waals surface area contributed by atoms with Gasteiger partial charge in [0.2, 0.25) is 11.1 Å². The SMILES string of the molecule is CC(C)c1ccc(C(NC(=O)CSc2nc3ncccn3n2)C(C)C)cc1. The van der Waals surface area contributed by atoms with Crippen LogP contribution in [-0.2, 0) is 4.79 Å². The molecule has 0 saturated carbocycles. The summed E-state index contributed by atoms with van der Waals surface area (Å²) in [6, 6.07) is 10.3. The molecule has 3 aromatic rings. The molecule has 0 aliphatic carbocycles. The quantitative estimate of drug-likeness (QED) is 0.627. The minimum absolute atomic E-state index is 0.0185. The number of aromatic nitrogens is 4. The van der Waals surface area contributed by atoms with Gasteiger partial charge >= 0.3 is 0 Å². The van der Waals surface area contributed by atoms with Crippen molar-refractivity contribution < 1.29 is 4.79 Å². The van der Waals surface area contributed by atoms with E-state index in [2.05, 4.69) is 72.3 Å². The van der Waals surface area contributed by atoms with Gasteiger partial charge in [-0.05, 0) is 29.0 Å². The molecule has 0 fully saturated rings. The Morgan fingerprint density at radius 1 is 1.15 bits per heavy atom. The van der Waals surface area contributed by atoms with Crippen LogP contribution in [0, 0.1) is 5.92 Å². The van der Waals surface area contributed by atoms with E-state index in [9.17, 15) is 4.79 Å². The predicted octanol–water partition coefficient (Wildman–Crippen LogP) is 3.85. The smallest absolute Gasteiger partial charge is 0.253 e. The summed E-state index contributed by atoms with van der Waals surface area (Å²) in [5.41, 5.74) is 2.43. The molecule has 0 saturated heterocycles. The largest absolute Gasteiger partial charge is 0.348 e. The van der Waals surface area contributed by atoms with Crippen LogP contribution in [0.5, 0.6) is 0 Å². The van der Waals surface area contributed by atoms with Crippen molar-refractivity contribution >= 4 is 23.4 Å². The number of rotatable bonds is 7. The molecule has 1 N–H and O–H groups in total. The van der Waals surface area contributed by atoms with Gasteiger partial charge in [-0.25, -0.2) is 9.50 Å². The average molecular weight is 384 g/mol. The Bertz CT molecular complexity index is 871. The van der Waals surface area contributed by atoms with E-state index in [1.165, 1.54) is 17.3 Å². The van der Waals surface area contributed by atoms with E-state index in [1.807, 2.05) is 0 Å². The minimum atomic E-state index is -0.0292. The number of benzene rings is 1. The molecule has 2 heterocycles. The van der Waals surface area contributed by atoms with Gasteiger partial charge in [0.15, 0.2) is 0 Å². The maximum Gasteiger partial charge on any atom is 0.253 e. The van der Waals surface area contributed by atoms with Crippen LogP contribution in [0.15, 0.2) is 47.9 Å². The molecule has 0 radical (unpaired) electrons. The van der Waals surface area contributed by atoms with Crippen molar-refractivity contribution in [2.45, 2.75) is 44.8 Å². The monoisotopic (exact) mass is 383 g/mol. The molecule has 27 heavy (non-hydrogen) atoms. The highest BCUT2D eigenvalue weighted by atomic mass is 32.2. The summed E-state index contributed by atoms with van der Waals surface area (Å²) in [7, 11) is 0. The van der Waals surface area contributed by atoms with Crippen molar-refractivity contribution in [1.82, 2.24) is 24.9 Å². The average Bonchev–Trinajstić information content (AvgIpc) is 3.07. The Morgan fingerprint density at radius 3 is 2.48 bits per heavy atom. The first kappa shape index (κ1) is 19.4. The van der Waals surface area contributed by atoms with Gasteiger partial charge in [0, 0.05) is 12.4 Å². The van der Waals surface area contributed by atoms with Crippen molar-refractivity contribution in [3.63, 3.8) is 0 Å². The summed E-state index contributed by atoms with van der Waals surface area (Å²) in [4.78, 5) is 20.9. The zero-order valence-electron chi connectivity index (χ0n) is 16.1. The van der Waals surface area contributed by atoms with E-state index in [0.29, 0.717) is 22.8 Å². The number of carbonyl (C=O) groups is 1. The van der Waals surface area contributed by atoms with Gasteiger partial charge in [-0.3, -0.25) is 4.79 Å². The van der Waals surface area contributed by atoms with Crippen LogP contribution in [0.25, 0.3) is 5.78 Å². The van der Waals surface area contributed by atoms with E-state index in [1.54, 1.807) is 23.0 Å². The highest BCUT2D eigenvalue weighted by Crippen LogP contribution is 2.24. The summed E-state index contributed by atoms with van der Waals surface area (Å²) in [5.74, 6) is 1.56. The summed E-state index contributed by atoms with van der Waals surface area (Å²) in [5, 5.41) is 8.00. The lowest BCUT2D eigenvalue weighted by Crippen LogP contribution is -2.33. The lowest BCUT2D eigenvalue weighted by Gasteiger charge is -2.23. The molecular weight excluding hydrogens is 358 g/mol. The second-order valence-electron chi connectivity index (χ2n) is 7.16. The maximum absolute atomic E-state index is 12.5. The Hall–Kier alpha value is -2.41. The molecule has 1 amide bonds. The number of fused-ring (bicyclic) bond motifs is 1. The van der Waals surface area contributed by atoms with E-state index in [0.717, 1.165) is 5.56 Å². The molecule has 0 bridgehead atoms. The fourth-order valence-electron chi connectivity index (χ4n) is 2.84. The first-order valence-corrected chi connectivity index (χ1v) is 10.1. The molecule has 0 aliphatic heterocycles. The topological polar surface area (TPSA) is 72.2 Å². The molecule has 1 atom stereocenters. The molecule has 7 heteroatoms. The van der Waals surface area contributed by atoms with Gasteiger partial charge in [-0.1, -0.05) is 63.7 Å². The van der Waals surface area contributed by atoms with Gasteiger partial charge in [0.05, 0.1) is 11.8 Å². The minimum Gasteiger partial charge on any atom is -0.348 e. The summed E-state index contributed by atoms with van der Waals surface area (Å²) >= 11 is 1.31. The normalized spacial score (nSPS) is 12.7. The van der Waals surface area contributed by atoms with Gasteiger partial charge in [-0.15, -0.1) is 5.10 Å². The third kappa shape index (κ3) is 4.86. The Morgan fingerprint density at radius 2 is 1.85 bits per heavy atom. The summed E-state index contributed by atoms with van der Waals surface area (Å²) in [6.45, 7) is 8.58. The van der Waals surface area contributed by atoms with Gasteiger partial charge in [-0.2, -0.15) is 4.98 Å². The van der Waals surface area contributed by atoms with Crippen LogP contribution in [0.4, 0.5) is 0 Å². The Labute approximate surface area is 163 Å².